The Balaban J connectivity index is 1.17. The minimum Gasteiger partial charge on any atom is -0.476 e. The van der Waals surface area contributed by atoms with Gasteiger partial charge in [0.25, 0.3) is 5.91 Å². The van der Waals surface area contributed by atoms with Gasteiger partial charge in [0.2, 0.25) is 17.4 Å². The molecule has 266 valence electrons. The van der Waals surface area contributed by atoms with Crippen molar-refractivity contribution in [1.82, 2.24) is 29.2 Å². The fraction of sp³-hybridized carbons (Fsp3) is 0.568. The van der Waals surface area contributed by atoms with E-state index in [0.29, 0.717) is 68.3 Å². The van der Waals surface area contributed by atoms with Crippen molar-refractivity contribution in [2.45, 2.75) is 77.4 Å². The Morgan fingerprint density at radius 1 is 0.960 bits per heavy atom. The summed E-state index contributed by atoms with van der Waals surface area (Å²) in [4.78, 5) is 57.8. The maximum atomic E-state index is 13.6. The molecule has 4 heterocycles. The third kappa shape index (κ3) is 8.53. The lowest BCUT2D eigenvalue weighted by molar-refractivity contribution is -0.138. The molecule has 1 N–H and O–H groups in total. The molecule has 3 amide bonds. The van der Waals surface area contributed by atoms with Gasteiger partial charge in [-0.2, -0.15) is 10.3 Å². The molecule has 0 bridgehead atoms. The molecule has 0 radical (unpaired) electrons. The number of ether oxygens (including phenoxy) is 2. The number of nitrogens with zero attached hydrogens (tertiary/aromatic N) is 7. The van der Waals surface area contributed by atoms with Crippen LogP contribution in [0.25, 0.3) is 11.0 Å². The molecule has 1 aliphatic carbocycles. The van der Waals surface area contributed by atoms with Crippen LogP contribution in [0.1, 0.15) is 87.7 Å². The van der Waals surface area contributed by atoms with Gasteiger partial charge >= 0.3 is 6.09 Å². The third-order valence-corrected chi connectivity index (χ3v) is 9.82. The number of hydrogen-bond acceptors (Lipinski definition) is 8. The van der Waals surface area contributed by atoms with Crippen LogP contribution in [0.3, 0.4) is 0 Å². The van der Waals surface area contributed by atoms with Gasteiger partial charge in [0.15, 0.2) is 0 Å². The number of piperidine rings is 1. The van der Waals surface area contributed by atoms with Crippen LogP contribution in [0.15, 0.2) is 41.5 Å². The number of nitrogens with one attached hydrogen (secondary N) is 1. The lowest BCUT2D eigenvalue weighted by Gasteiger charge is -2.38. The first-order valence-corrected chi connectivity index (χ1v) is 17.9. The highest BCUT2D eigenvalue weighted by Crippen LogP contribution is 2.35. The SMILES string of the molecule is CC(C)(C)OC(=O)N1CCN(C(=O)C2CCC(n3c(=NC(=O)c4ccc(C#N)cc4)[nH]c4cnc(OCCN5CCCCC5)cc43)CC2)CC1. The molecule has 0 atom stereocenters. The van der Waals surface area contributed by atoms with Gasteiger partial charge in [-0.1, -0.05) is 6.42 Å². The minimum atomic E-state index is -0.562. The lowest BCUT2D eigenvalue weighted by atomic mass is 9.84. The summed E-state index contributed by atoms with van der Waals surface area (Å²) in [6, 6.07) is 10.4. The van der Waals surface area contributed by atoms with Gasteiger partial charge in [-0.3, -0.25) is 14.5 Å². The Morgan fingerprint density at radius 2 is 1.64 bits per heavy atom. The largest absolute Gasteiger partial charge is 0.476 e. The average Bonchev–Trinajstić information content (AvgIpc) is 3.48. The van der Waals surface area contributed by atoms with Crippen LogP contribution in [0, 0.1) is 17.2 Å². The molecule has 3 fully saturated rings. The molecular weight excluding hydrogens is 636 g/mol. The Kier molecular flexibility index (Phi) is 10.9. The number of fused-ring (bicyclic) bond motifs is 1. The van der Waals surface area contributed by atoms with Gasteiger partial charge in [-0.15, -0.1) is 0 Å². The highest BCUT2D eigenvalue weighted by molar-refractivity contribution is 5.95. The number of pyridine rings is 1. The van der Waals surface area contributed by atoms with Crippen molar-refractivity contribution in [3.8, 4) is 11.9 Å². The molecule has 50 heavy (non-hydrogen) atoms. The molecule has 1 aromatic carbocycles. The van der Waals surface area contributed by atoms with Crippen molar-refractivity contribution >= 4 is 28.9 Å². The molecule has 0 spiro atoms. The smallest absolute Gasteiger partial charge is 0.410 e. The summed E-state index contributed by atoms with van der Waals surface area (Å²) in [6.45, 7) is 11.0. The molecule has 2 aliphatic heterocycles. The number of hydrogen-bond donors (Lipinski definition) is 1. The van der Waals surface area contributed by atoms with E-state index in [1.807, 2.05) is 31.7 Å². The van der Waals surface area contributed by atoms with E-state index in [4.69, 9.17) is 14.7 Å². The number of nitriles is 1. The second kappa shape index (κ2) is 15.5. The van der Waals surface area contributed by atoms with Crippen molar-refractivity contribution in [3.63, 3.8) is 0 Å². The van der Waals surface area contributed by atoms with E-state index in [0.717, 1.165) is 43.5 Å². The number of aromatic amines is 1. The van der Waals surface area contributed by atoms with Crippen molar-refractivity contribution in [2.24, 2.45) is 10.9 Å². The van der Waals surface area contributed by atoms with Gasteiger partial charge in [-0.25, -0.2) is 9.78 Å². The first-order chi connectivity index (χ1) is 24.1. The first-order valence-electron chi connectivity index (χ1n) is 17.9. The number of imidazole rings is 1. The first kappa shape index (κ1) is 35.1. The number of aromatic nitrogens is 3. The van der Waals surface area contributed by atoms with Crippen molar-refractivity contribution in [2.75, 3.05) is 52.4 Å². The molecule has 13 heteroatoms. The summed E-state index contributed by atoms with van der Waals surface area (Å²) in [5, 5.41) is 9.17. The molecule has 0 unspecified atom stereocenters. The van der Waals surface area contributed by atoms with E-state index in [1.165, 1.54) is 19.3 Å². The molecule has 13 nitrogen and oxygen atoms in total. The van der Waals surface area contributed by atoms with E-state index in [2.05, 4.69) is 30.5 Å². The number of benzene rings is 1. The van der Waals surface area contributed by atoms with Gasteiger partial charge in [0, 0.05) is 56.3 Å². The lowest BCUT2D eigenvalue weighted by Crippen LogP contribution is -2.53. The fourth-order valence-electron chi connectivity index (χ4n) is 7.13. The molecule has 1 saturated carbocycles. The summed E-state index contributed by atoms with van der Waals surface area (Å²) in [7, 11) is 0. The maximum absolute atomic E-state index is 13.6. The van der Waals surface area contributed by atoms with E-state index >= 15 is 0 Å². The normalized spacial score (nSPS) is 20.8. The van der Waals surface area contributed by atoms with Crippen LogP contribution < -0.4 is 10.4 Å². The standard InChI is InChI=1S/C37H48N8O5/c1-37(2,3)50-36(48)44-19-17-43(18-20-44)34(47)28-11-13-29(14-12-28)45-31-23-32(49-22-21-42-15-5-4-6-16-42)39-25-30(31)40-35(45)41-33(46)27-9-7-26(24-38)8-10-27/h7-10,23,25,28-29H,4-6,11-22H2,1-3H3,(H,40,41,46). The van der Waals surface area contributed by atoms with Gasteiger partial charge in [0.1, 0.15) is 12.2 Å². The van der Waals surface area contributed by atoms with Crippen LogP contribution in [0.5, 0.6) is 5.88 Å². The summed E-state index contributed by atoms with van der Waals surface area (Å²) in [5.41, 5.74) is 2.28. The molecule has 6 rings (SSSR count). The Bertz CT molecular complexity index is 1780. The summed E-state index contributed by atoms with van der Waals surface area (Å²) < 4.78 is 13.7. The Labute approximate surface area is 292 Å². The van der Waals surface area contributed by atoms with E-state index in [1.54, 1.807) is 35.4 Å². The predicted molar refractivity (Wildman–Crippen MR) is 186 cm³/mol. The Hall–Kier alpha value is -4.70. The van der Waals surface area contributed by atoms with Gasteiger partial charge in [0.05, 0.1) is 28.9 Å². The number of carbonyl (C=O) groups excluding carboxylic acids is 3. The Morgan fingerprint density at radius 3 is 2.30 bits per heavy atom. The number of carbonyl (C=O) groups is 3. The predicted octanol–water partition coefficient (Wildman–Crippen LogP) is 4.65. The van der Waals surface area contributed by atoms with Crippen LogP contribution in [-0.4, -0.2) is 105 Å². The van der Waals surface area contributed by atoms with Crippen LogP contribution in [0.2, 0.25) is 0 Å². The van der Waals surface area contributed by atoms with Crippen LogP contribution in [0.4, 0.5) is 4.79 Å². The number of H-pyrrole nitrogens is 1. The van der Waals surface area contributed by atoms with E-state index in [-0.39, 0.29) is 24.0 Å². The number of piperazine rings is 1. The van der Waals surface area contributed by atoms with Crippen LogP contribution in [-0.2, 0) is 9.53 Å². The molecule has 2 aromatic heterocycles. The number of likely N-dealkylation sites (tertiary alicyclic amines) is 1. The van der Waals surface area contributed by atoms with Gasteiger partial charge < -0.3 is 28.8 Å². The zero-order valence-corrected chi connectivity index (χ0v) is 29.4. The number of rotatable bonds is 7. The summed E-state index contributed by atoms with van der Waals surface area (Å²) in [6.07, 6.45) is 7.96. The third-order valence-electron chi connectivity index (χ3n) is 9.82. The quantitative estimate of drug-likeness (QED) is 0.378. The second-order valence-corrected chi connectivity index (χ2v) is 14.5. The van der Waals surface area contributed by atoms with E-state index in [9.17, 15) is 14.4 Å². The second-order valence-electron chi connectivity index (χ2n) is 14.5. The maximum Gasteiger partial charge on any atom is 0.410 e. The van der Waals surface area contributed by atoms with Crippen LogP contribution >= 0.6 is 0 Å². The van der Waals surface area contributed by atoms with Gasteiger partial charge in [-0.05, 0) is 96.7 Å². The topological polar surface area (TPSA) is 149 Å². The minimum absolute atomic E-state index is 0.00655. The van der Waals surface area contributed by atoms with Crippen molar-refractivity contribution in [3.05, 3.63) is 53.3 Å². The van der Waals surface area contributed by atoms with Crippen molar-refractivity contribution < 1.29 is 23.9 Å². The number of amides is 3. The average molecular weight is 685 g/mol. The monoisotopic (exact) mass is 684 g/mol. The van der Waals surface area contributed by atoms with Crippen molar-refractivity contribution in [1.29, 1.82) is 5.26 Å². The molecule has 3 aromatic rings. The molecule has 2 saturated heterocycles. The highest BCUT2D eigenvalue weighted by atomic mass is 16.6. The fourth-order valence-corrected chi connectivity index (χ4v) is 7.13. The summed E-state index contributed by atoms with van der Waals surface area (Å²) in [5.74, 6) is 0.114. The highest BCUT2D eigenvalue weighted by Gasteiger charge is 2.34. The summed E-state index contributed by atoms with van der Waals surface area (Å²) >= 11 is 0. The molecule has 3 aliphatic rings. The molecular formula is C37H48N8O5. The zero-order chi connectivity index (χ0) is 35.3. The zero-order valence-electron chi connectivity index (χ0n) is 29.4. The van der Waals surface area contributed by atoms with E-state index < -0.39 is 11.5 Å².